The van der Waals surface area contributed by atoms with E-state index in [-0.39, 0.29) is 11.7 Å². The number of rotatable bonds is 0. The minimum atomic E-state index is -0.323. The number of benzene rings is 1. The molecule has 82 valence electrons. The monoisotopic (exact) mass is 216 g/mol. The van der Waals surface area contributed by atoms with Crippen molar-refractivity contribution in [3.63, 3.8) is 0 Å². The fraction of sp³-hybridized carbons (Fsp3) is 0.308. The number of fused-ring (bicyclic) bond motifs is 2. The number of aryl methyl sites for hydroxylation is 1. The van der Waals surface area contributed by atoms with Crippen LogP contribution in [0.25, 0.3) is 11.0 Å². The Morgan fingerprint density at radius 3 is 3.06 bits per heavy atom. The van der Waals surface area contributed by atoms with Crippen LogP contribution in [0.15, 0.2) is 33.5 Å². The Kier molecular flexibility index (Phi) is 1.99. The first kappa shape index (κ1) is 9.46. The van der Waals surface area contributed by atoms with Gasteiger partial charge in [0.15, 0.2) is 0 Å². The first-order chi connectivity index (χ1) is 7.72. The molecule has 0 aliphatic carbocycles. The van der Waals surface area contributed by atoms with Crippen LogP contribution in [-0.2, 0) is 6.42 Å². The highest BCUT2D eigenvalue weighted by Gasteiger charge is 2.17. The van der Waals surface area contributed by atoms with Gasteiger partial charge in [0.2, 0.25) is 0 Å². The highest BCUT2D eigenvalue weighted by Crippen LogP contribution is 2.31. The van der Waals surface area contributed by atoms with Gasteiger partial charge in [0, 0.05) is 17.5 Å². The summed E-state index contributed by atoms with van der Waals surface area (Å²) < 4.78 is 10.8. The Hall–Kier alpha value is -1.77. The Labute approximate surface area is 92.6 Å². The van der Waals surface area contributed by atoms with Crippen LogP contribution in [0, 0.1) is 0 Å². The van der Waals surface area contributed by atoms with E-state index in [1.165, 1.54) is 11.6 Å². The smallest absolute Gasteiger partial charge is 0.336 e. The molecule has 3 rings (SSSR count). The molecule has 1 aromatic carbocycles. The maximum Gasteiger partial charge on any atom is 0.336 e. The summed E-state index contributed by atoms with van der Waals surface area (Å²) in [5.74, 6) is 0.848. The Morgan fingerprint density at radius 2 is 2.19 bits per heavy atom. The molecule has 3 nitrogen and oxygen atoms in total. The number of hydrogen-bond donors (Lipinski definition) is 0. The Bertz CT molecular complexity index is 598. The molecule has 0 radical (unpaired) electrons. The van der Waals surface area contributed by atoms with E-state index in [1.54, 1.807) is 6.07 Å². The van der Waals surface area contributed by atoms with Crippen molar-refractivity contribution in [3.05, 3.63) is 40.2 Å². The Balaban J connectivity index is 2.23. The molecule has 0 fully saturated rings. The highest BCUT2D eigenvalue weighted by atomic mass is 16.5. The summed E-state index contributed by atoms with van der Waals surface area (Å²) >= 11 is 0. The van der Waals surface area contributed by atoms with Crippen molar-refractivity contribution >= 4 is 11.0 Å². The molecular formula is C13H12O3. The molecule has 1 aromatic heterocycles. The van der Waals surface area contributed by atoms with Gasteiger partial charge >= 0.3 is 5.63 Å². The van der Waals surface area contributed by atoms with E-state index in [0.29, 0.717) is 5.58 Å². The van der Waals surface area contributed by atoms with Gasteiger partial charge in [-0.3, -0.25) is 0 Å². The van der Waals surface area contributed by atoms with Crippen LogP contribution in [-0.4, -0.2) is 6.10 Å². The van der Waals surface area contributed by atoms with Crippen molar-refractivity contribution in [3.8, 4) is 5.75 Å². The molecule has 1 unspecified atom stereocenters. The standard InChI is InChI=1S/C13H12O3/c1-8-2-3-9-6-10-4-5-13(14)16-12(10)7-11(9)15-8/h4-8H,2-3H2,1H3. The normalized spacial score (nSPS) is 19.2. The molecule has 0 saturated heterocycles. The largest absolute Gasteiger partial charge is 0.490 e. The van der Waals surface area contributed by atoms with Crippen LogP contribution in [0.2, 0.25) is 0 Å². The molecule has 3 heteroatoms. The third kappa shape index (κ3) is 1.48. The van der Waals surface area contributed by atoms with Gasteiger partial charge in [-0.1, -0.05) is 0 Å². The Morgan fingerprint density at radius 1 is 1.31 bits per heavy atom. The molecule has 0 amide bonds. The van der Waals surface area contributed by atoms with Gasteiger partial charge in [-0.15, -0.1) is 0 Å². The second kappa shape index (κ2) is 3.37. The number of ether oxygens (including phenoxy) is 1. The number of hydrogen-bond acceptors (Lipinski definition) is 3. The zero-order chi connectivity index (χ0) is 11.1. The molecule has 1 aliphatic rings. The molecule has 0 saturated carbocycles. The predicted molar refractivity (Wildman–Crippen MR) is 60.9 cm³/mol. The van der Waals surface area contributed by atoms with E-state index in [1.807, 2.05) is 19.1 Å². The summed E-state index contributed by atoms with van der Waals surface area (Å²) in [6.07, 6.45) is 2.29. The molecular weight excluding hydrogens is 204 g/mol. The lowest BCUT2D eigenvalue weighted by molar-refractivity contribution is 0.192. The van der Waals surface area contributed by atoms with Gasteiger partial charge in [-0.05, 0) is 37.5 Å². The van der Waals surface area contributed by atoms with Crippen molar-refractivity contribution in [2.45, 2.75) is 25.9 Å². The quantitative estimate of drug-likeness (QED) is 0.635. The lowest BCUT2D eigenvalue weighted by Gasteiger charge is -2.23. The molecule has 1 atom stereocenters. The van der Waals surface area contributed by atoms with Crippen LogP contribution in [0.3, 0.4) is 0 Å². The van der Waals surface area contributed by atoms with Crippen LogP contribution in [0.1, 0.15) is 18.9 Å². The van der Waals surface area contributed by atoms with E-state index < -0.39 is 0 Å². The van der Waals surface area contributed by atoms with E-state index in [0.717, 1.165) is 24.0 Å². The van der Waals surface area contributed by atoms with Gasteiger partial charge in [-0.2, -0.15) is 0 Å². The van der Waals surface area contributed by atoms with E-state index >= 15 is 0 Å². The van der Waals surface area contributed by atoms with Gasteiger partial charge in [0.05, 0.1) is 6.10 Å². The lowest BCUT2D eigenvalue weighted by Crippen LogP contribution is -2.18. The zero-order valence-electron chi connectivity index (χ0n) is 9.03. The molecule has 16 heavy (non-hydrogen) atoms. The minimum absolute atomic E-state index is 0.236. The molecule has 2 aromatic rings. The second-order valence-electron chi connectivity index (χ2n) is 4.22. The summed E-state index contributed by atoms with van der Waals surface area (Å²) in [6, 6.07) is 7.10. The van der Waals surface area contributed by atoms with E-state index in [9.17, 15) is 4.79 Å². The molecule has 1 aliphatic heterocycles. The van der Waals surface area contributed by atoms with Crippen molar-refractivity contribution in [2.24, 2.45) is 0 Å². The van der Waals surface area contributed by atoms with Crippen LogP contribution in [0.5, 0.6) is 5.75 Å². The van der Waals surface area contributed by atoms with Gasteiger partial charge < -0.3 is 9.15 Å². The average Bonchev–Trinajstić information content (AvgIpc) is 2.26. The van der Waals surface area contributed by atoms with Crippen molar-refractivity contribution in [1.29, 1.82) is 0 Å². The summed E-state index contributed by atoms with van der Waals surface area (Å²) in [4.78, 5) is 11.1. The predicted octanol–water partition coefficient (Wildman–Crippen LogP) is 2.51. The zero-order valence-corrected chi connectivity index (χ0v) is 9.03. The molecule has 0 spiro atoms. The highest BCUT2D eigenvalue weighted by molar-refractivity contribution is 5.79. The summed E-state index contributed by atoms with van der Waals surface area (Å²) in [5.41, 5.74) is 1.47. The van der Waals surface area contributed by atoms with Crippen molar-refractivity contribution in [2.75, 3.05) is 0 Å². The van der Waals surface area contributed by atoms with Crippen molar-refractivity contribution < 1.29 is 9.15 Å². The van der Waals surface area contributed by atoms with E-state index in [2.05, 4.69) is 0 Å². The van der Waals surface area contributed by atoms with Gasteiger partial charge in [0.1, 0.15) is 11.3 Å². The summed E-state index contributed by atoms with van der Waals surface area (Å²) in [6.45, 7) is 2.05. The SMILES string of the molecule is CC1CCc2cc3ccc(=O)oc3cc2O1. The van der Waals surface area contributed by atoms with Crippen LogP contribution >= 0.6 is 0 Å². The maximum atomic E-state index is 11.1. The molecule has 2 heterocycles. The van der Waals surface area contributed by atoms with E-state index in [4.69, 9.17) is 9.15 Å². The first-order valence-corrected chi connectivity index (χ1v) is 5.46. The lowest BCUT2D eigenvalue weighted by atomic mass is 10.0. The summed E-state index contributed by atoms with van der Waals surface area (Å²) in [5, 5.41) is 0.955. The fourth-order valence-electron chi connectivity index (χ4n) is 2.08. The molecule has 0 bridgehead atoms. The molecule has 0 N–H and O–H groups in total. The van der Waals surface area contributed by atoms with Gasteiger partial charge in [-0.25, -0.2) is 4.79 Å². The fourth-order valence-corrected chi connectivity index (χ4v) is 2.08. The summed E-state index contributed by atoms with van der Waals surface area (Å²) in [7, 11) is 0. The third-order valence-electron chi connectivity index (χ3n) is 2.95. The first-order valence-electron chi connectivity index (χ1n) is 5.46. The second-order valence-corrected chi connectivity index (χ2v) is 4.22. The minimum Gasteiger partial charge on any atom is -0.490 e. The topological polar surface area (TPSA) is 39.4 Å². The van der Waals surface area contributed by atoms with Crippen LogP contribution in [0.4, 0.5) is 0 Å². The maximum absolute atomic E-state index is 11.1. The van der Waals surface area contributed by atoms with Crippen molar-refractivity contribution in [1.82, 2.24) is 0 Å². The average molecular weight is 216 g/mol. The van der Waals surface area contributed by atoms with Gasteiger partial charge in [0.25, 0.3) is 0 Å². The van der Waals surface area contributed by atoms with Crippen LogP contribution < -0.4 is 10.4 Å². The third-order valence-corrected chi connectivity index (χ3v) is 2.95.